The van der Waals surface area contributed by atoms with Crippen LogP contribution in [0.5, 0.6) is 0 Å². The van der Waals surface area contributed by atoms with Crippen LogP contribution in [0.2, 0.25) is 10.0 Å². The second-order valence-electron chi connectivity index (χ2n) is 6.58. The van der Waals surface area contributed by atoms with Gasteiger partial charge >= 0.3 is 0 Å². The van der Waals surface area contributed by atoms with E-state index < -0.39 is 0 Å². The number of benzene rings is 1. The highest BCUT2D eigenvalue weighted by Crippen LogP contribution is 2.44. The fourth-order valence-corrected chi connectivity index (χ4v) is 4.39. The Bertz CT molecular complexity index is 596. The maximum absolute atomic E-state index is 12.1. The maximum Gasteiger partial charge on any atom is 0.222 e. The summed E-state index contributed by atoms with van der Waals surface area (Å²) in [4.78, 5) is 12.1. The second kappa shape index (κ2) is 8.05. The van der Waals surface area contributed by atoms with Gasteiger partial charge in [0.05, 0.1) is 18.8 Å². The number of carbonyl (C=O) groups excluding carboxylic acids is 1. The van der Waals surface area contributed by atoms with Gasteiger partial charge in [0.2, 0.25) is 5.91 Å². The molecule has 1 aliphatic carbocycles. The van der Waals surface area contributed by atoms with Crippen molar-refractivity contribution in [3.05, 3.63) is 33.8 Å². The van der Waals surface area contributed by atoms with Crippen molar-refractivity contribution in [2.75, 3.05) is 13.7 Å². The lowest BCUT2D eigenvalue weighted by atomic mass is 9.86. The van der Waals surface area contributed by atoms with Gasteiger partial charge in [0.25, 0.3) is 0 Å². The molecule has 1 saturated heterocycles. The van der Waals surface area contributed by atoms with Gasteiger partial charge in [0, 0.05) is 35.5 Å². The van der Waals surface area contributed by atoms with Crippen molar-refractivity contribution in [1.29, 1.82) is 0 Å². The summed E-state index contributed by atoms with van der Waals surface area (Å²) < 4.78 is 11.3. The van der Waals surface area contributed by atoms with Crippen LogP contribution < -0.4 is 5.32 Å². The minimum absolute atomic E-state index is 0.0374. The number of carbonyl (C=O) groups is 1. The number of halogens is 2. The molecular formula is C18H23Cl2NO3. The van der Waals surface area contributed by atoms with Gasteiger partial charge in [-0.3, -0.25) is 4.79 Å². The average Bonchev–Trinajstić information content (AvgIpc) is 3.01. The first-order valence-corrected chi connectivity index (χ1v) is 9.22. The van der Waals surface area contributed by atoms with Gasteiger partial charge in [-0.25, -0.2) is 0 Å². The molecule has 1 aromatic carbocycles. The first-order valence-electron chi connectivity index (χ1n) is 8.47. The molecule has 2 fully saturated rings. The van der Waals surface area contributed by atoms with Crippen LogP contribution in [0, 0.1) is 5.92 Å². The van der Waals surface area contributed by atoms with Crippen LogP contribution in [-0.4, -0.2) is 31.8 Å². The van der Waals surface area contributed by atoms with E-state index in [9.17, 15) is 4.79 Å². The molecule has 0 bridgehead atoms. The van der Waals surface area contributed by atoms with Crippen molar-refractivity contribution < 1.29 is 14.3 Å². The van der Waals surface area contributed by atoms with Crippen molar-refractivity contribution in [1.82, 2.24) is 5.32 Å². The number of ether oxygens (including phenoxy) is 2. The number of fused-ring (bicyclic) bond motifs is 1. The monoisotopic (exact) mass is 371 g/mol. The minimum atomic E-state index is -0.109. The molecule has 1 amide bonds. The summed E-state index contributed by atoms with van der Waals surface area (Å²) in [5, 5.41) is 4.42. The molecule has 4 atom stereocenters. The average molecular weight is 372 g/mol. The molecule has 3 rings (SSSR count). The lowest BCUT2D eigenvalue weighted by Crippen LogP contribution is -2.48. The third-order valence-corrected chi connectivity index (χ3v) is 5.58. The predicted octanol–water partition coefficient (Wildman–Crippen LogP) is 4.14. The Morgan fingerprint density at radius 3 is 2.96 bits per heavy atom. The van der Waals surface area contributed by atoms with E-state index in [1.54, 1.807) is 13.2 Å². The van der Waals surface area contributed by atoms with E-state index in [0.29, 0.717) is 29.0 Å². The van der Waals surface area contributed by atoms with E-state index in [0.717, 1.165) is 31.2 Å². The number of nitrogens with one attached hydrogen (secondary N) is 1. The Balaban J connectivity index is 1.74. The minimum Gasteiger partial charge on any atom is -0.384 e. The summed E-state index contributed by atoms with van der Waals surface area (Å²) in [5.74, 6) is 0.425. The van der Waals surface area contributed by atoms with Crippen molar-refractivity contribution >= 4 is 29.1 Å². The third-order valence-electron chi connectivity index (χ3n) is 5.02. The summed E-state index contributed by atoms with van der Waals surface area (Å²) in [6.45, 7) is 0.440. The number of amides is 1. The summed E-state index contributed by atoms with van der Waals surface area (Å²) in [5.41, 5.74) is 0.947. The molecule has 1 saturated carbocycles. The highest BCUT2D eigenvalue weighted by Gasteiger charge is 2.42. The maximum atomic E-state index is 12.1. The van der Waals surface area contributed by atoms with Crippen LogP contribution in [0.15, 0.2) is 18.2 Å². The summed E-state index contributed by atoms with van der Waals surface area (Å²) >= 11 is 12.4. The highest BCUT2D eigenvalue weighted by molar-refractivity contribution is 6.35. The summed E-state index contributed by atoms with van der Waals surface area (Å²) in [6, 6.07) is 5.62. The second-order valence-corrected chi connectivity index (χ2v) is 7.42. The van der Waals surface area contributed by atoms with Crippen LogP contribution in [0.1, 0.15) is 43.8 Å². The number of hydrogen-bond acceptors (Lipinski definition) is 3. The molecule has 2 aliphatic rings. The lowest BCUT2D eigenvalue weighted by molar-refractivity contribution is -0.127. The fourth-order valence-electron chi connectivity index (χ4n) is 3.86. The smallest absolute Gasteiger partial charge is 0.222 e. The molecule has 6 heteroatoms. The molecule has 1 heterocycles. The Morgan fingerprint density at radius 2 is 2.21 bits per heavy atom. The number of hydrogen-bond donors (Lipinski definition) is 1. The van der Waals surface area contributed by atoms with Gasteiger partial charge in [0.15, 0.2) is 0 Å². The van der Waals surface area contributed by atoms with E-state index >= 15 is 0 Å². The molecule has 1 aromatic rings. The molecule has 132 valence electrons. The quantitative estimate of drug-likeness (QED) is 0.845. The topological polar surface area (TPSA) is 47.6 Å². The zero-order valence-electron chi connectivity index (χ0n) is 13.8. The molecule has 4 nitrogen and oxygen atoms in total. The van der Waals surface area contributed by atoms with E-state index in [2.05, 4.69) is 5.32 Å². The van der Waals surface area contributed by atoms with Gasteiger partial charge < -0.3 is 14.8 Å². The van der Waals surface area contributed by atoms with Gasteiger partial charge in [-0.1, -0.05) is 35.7 Å². The largest absolute Gasteiger partial charge is 0.384 e. The Hall–Kier alpha value is -0.810. The van der Waals surface area contributed by atoms with Gasteiger partial charge in [-0.15, -0.1) is 0 Å². The van der Waals surface area contributed by atoms with Gasteiger partial charge in [-0.05, 0) is 37.0 Å². The van der Waals surface area contributed by atoms with Crippen molar-refractivity contribution in [2.45, 2.75) is 50.4 Å². The van der Waals surface area contributed by atoms with E-state index in [4.69, 9.17) is 32.7 Å². The normalized spacial score (nSPS) is 29.3. The zero-order chi connectivity index (χ0) is 17.1. The predicted molar refractivity (Wildman–Crippen MR) is 94.5 cm³/mol. The third kappa shape index (κ3) is 4.05. The first-order chi connectivity index (χ1) is 11.6. The van der Waals surface area contributed by atoms with Crippen LogP contribution in [0.25, 0.3) is 0 Å². The van der Waals surface area contributed by atoms with E-state index in [1.807, 2.05) is 12.1 Å². The van der Waals surface area contributed by atoms with E-state index in [-0.39, 0.29) is 24.2 Å². The lowest BCUT2D eigenvalue weighted by Gasteiger charge is -2.39. The van der Waals surface area contributed by atoms with Crippen LogP contribution >= 0.6 is 23.2 Å². The Labute approximate surface area is 152 Å². The van der Waals surface area contributed by atoms with E-state index in [1.165, 1.54) is 0 Å². The van der Waals surface area contributed by atoms with Crippen molar-refractivity contribution in [3.63, 3.8) is 0 Å². The molecule has 0 spiro atoms. The van der Waals surface area contributed by atoms with Gasteiger partial charge in [0.1, 0.15) is 0 Å². The standard InChI is InChI=1S/C18H23Cl2NO3/c1-23-8-7-18(22)21-15-10-17(24-16-4-2-3-13(15)16)12-6-5-11(19)9-14(12)20/h5-6,9,13,15-17H,2-4,7-8,10H2,1H3,(H,21,22)/t13-,15+,16+,17+/m0/s1. The molecule has 24 heavy (non-hydrogen) atoms. The summed E-state index contributed by atoms with van der Waals surface area (Å²) in [7, 11) is 1.60. The highest BCUT2D eigenvalue weighted by atomic mass is 35.5. The van der Waals surface area contributed by atoms with Crippen molar-refractivity contribution in [2.24, 2.45) is 5.92 Å². The molecule has 1 aliphatic heterocycles. The SMILES string of the molecule is COCCC(=O)N[C@@H]1C[C@H](c2ccc(Cl)cc2Cl)O[C@@H]2CCC[C@@H]12. The van der Waals surface area contributed by atoms with Crippen molar-refractivity contribution in [3.8, 4) is 0 Å². The van der Waals surface area contributed by atoms with Crippen LogP contribution in [0.4, 0.5) is 0 Å². The van der Waals surface area contributed by atoms with Gasteiger partial charge in [-0.2, -0.15) is 0 Å². The molecular weight excluding hydrogens is 349 g/mol. The number of rotatable bonds is 5. The Kier molecular flexibility index (Phi) is 6.03. The molecule has 1 N–H and O–H groups in total. The zero-order valence-corrected chi connectivity index (χ0v) is 15.3. The van der Waals surface area contributed by atoms with Crippen LogP contribution in [0.3, 0.4) is 0 Å². The number of methoxy groups -OCH3 is 1. The molecule has 0 radical (unpaired) electrons. The fraction of sp³-hybridized carbons (Fsp3) is 0.611. The Morgan fingerprint density at radius 1 is 1.38 bits per heavy atom. The first kappa shape index (κ1) is 18.0. The molecule has 0 unspecified atom stereocenters. The molecule has 0 aromatic heterocycles. The van der Waals surface area contributed by atoms with Crippen LogP contribution in [-0.2, 0) is 14.3 Å². The summed E-state index contributed by atoms with van der Waals surface area (Å²) in [6.07, 6.45) is 4.47.